The lowest BCUT2D eigenvalue weighted by Gasteiger charge is -2.00. The predicted molar refractivity (Wildman–Crippen MR) is 85.3 cm³/mol. The summed E-state index contributed by atoms with van der Waals surface area (Å²) in [4.78, 5) is 10.0. The summed E-state index contributed by atoms with van der Waals surface area (Å²) in [5, 5.41) is 0. The molecule has 0 radical (unpaired) electrons. The Labute approximate surface area is 119 Å². The normalized spacial score (nSPS) is 12.1. The van der Waals surface area contributed by atoms with Crippen LogP contribution in [0.5, 0.6) is 0 Å². The summed E-state index contributed by atoms with van der Waals surface area (Å²) < 4.78 is 0. The third-order valence-corrected chi connectivity index (χ3v) is 3.13. The maximum atomic E-state index is 10.0. The van der Waals surface area contributed by atoms with Gasteiger partial charge in [-0.05, 0) is 18.9 Å². The minimum absolute atomic E-state index is 0.788. The highest BCUT2D eigenvalue weighted by molar-refractivity contribution is 5.65. The van der Waals surface area contributed by atoms with Crippen LogP contribution in [-0.4, -0.2) is 6.29 Å². The van der Waals surface area contributed by atoms with Gasteiger partial charge in [0.05, 0.1) is 0 Å². The number of carbonyl (C=O) groups is 1. The highest BCUT2D eigenvalue weighted by atomic mass is 16.1. The SMILES string of the molecule is CCCCCCCCCCC/C=C/C=C/C=C/C=O. The molecule has 0 saturated heterocycles. The van der Waals surface area contributed by atoms with Crippen molar-refractivity contribution in [1.82, 2.24) is 0 Å². The molecule has 0 fully saturated rings. The molecule has 0 aromatic heterocycles. The third-order valence-electron chi connectivity index (χ3n) is 3.13. The Hall–Kier alpha value is -1.11. The van der Waals surface area contributed by atoms with E-state index < -0.39 is 0 Å². The molecular weight excluding hydrogens is 232 g/mol. The van der Waals surface area contributed by atoms with Crippen molar-refractivity contribution in [3.63, 3.8) is 0 Å². The molecular formula is C18H30O. The molecule has 1 nitrogen and oxygen atoms in total. The van der Waals surface area contributed by atoms with E-state index in [0.717, 1.165) is 12.7 Å². The van der Waals surface area contributed by atoms with Gasteiger partial charge in [0.25, 0.3) is 0 Å². The van der Waals surface area contributed by atoms with Crippen molar-refractivity contribution in [1.29, 1.82) is 0 Å². The van der Waals surface area contributed by atoms with Crippen molar-refractivity contribution >= 4 is 6.29 Å². The van der Waals surface area contributed by atoms with Gasteiger partial charge >= 0.3 is 0 Å². The van der Waals surface area contributed by atoms with Crippen LogP contribution in [0, 0.1) is 0 Å². The first-order valence-electron chi connectivity index (χ1n) is 7.85. The first-order chi connectivity index (χ1) is 9.41. The maximum Gasteiger partial charge on any atom is 0.142 e. The fourth-order valence-electron chi connectivity index (χ4n) is 1.99. The van der Waals surface area contributed by atoms with Crippen LogP contribution in [0.15, 0.2) is 36.5 Å². The summed E-state index contributed by atoms with van der Waals surface area (Å²) >= 11 is 0. The quantitative estimate of drug-likeness (QED) is 0.178. The van der Waals surface area contributed by atoms with Gasteiger partial charge in [0.15, 0.2) is 0 Å². The van der Waals surface area contributed by atoms with Crippen LogP contribution in [0.4, 0.5) is 0 Å². The van der Waals surface area contributed by atoms with Gasteiger partial charge in [-0.2, -0.15) is 0 Å². The highest BCUT2D eigenvalue weighted by Gasteiger charge is 1.90. The molecule has 0 aliphatic heterocycles. The van der Waals surface area contributed by atoms with Crippen molar-refractivity contribution in [3.8, 4) is 0 Å². The Morgan fingerprint density at radius 2 is 1.16 bits per heavy atom. The monoisotopic (exact) mass is 262 g/mol. The number of unbranched alkanes of at least 4 members (excludes halogenated alkanes) is 9. The van der Waals surface area contributed by atoms with Crippen LogP contribution in [0.1, 0.15) is 71.1 Å². The second-order valence-electron chi connectivity index (χ2n) is 4.95. The van der Waals surface area contributed by atoms with Gasteiger partial charge in [0.2, 0.25) is 0 Å². The zero-order valence-electron chi connectivity index (χ0n) is 12.5. The minimum atomic E-state index is 0.788. The predicted octanol–water partition coefficient (Wildman–Crippen LogP) is 5.77. The van der Waals surface area contributed by atoms with Crippen LogP contribution < -0.4 is 0 Å². The summed E-state index contributed by atoms with van der Waals surface area (Å²) in [6.45, 7) is 2.27. The molecule has 0 aliphatic rings. The van der Waals surface area contributed by atoms with Gasteiger partial charge in [0.1, 0.15) is 6.29 Å². The third kappa shape index (κ3) is 16.9. The first kappa shape index (κ1) is 17.9. The highest BCUT2D eigenvalue weighted by Crippen LogP contribution is 2.10. The Morgan fingerprint density at radius 1 is 0.632 bits per heavy atom. The van der Waals surface area contributed by atoms with E-state index in [9.17, 15) is 4.79 Å². The molecule has 0 spiro atoms. The van der Waals surface area contributed by atoms with E-state index in [2.05, 4.69) is 19.1 Å². The van der Waals surface area contributed by atoms with Crippen LogP contribution in [-0.2, 0) is 4.79 Å². The van der Waals surface area contributed by atoms with Crippen LogP contribution >= 0.6 is 0 Å². The molecule has 0 aromatic carbocycles. The van der Waals surface area contributed by atoms with Gasteiger partial charge in [-0.1, -0.05) is 88.7 Å². The van der Waals surface area contributed by atoms with Gasteiger partial charge in [-0.15, -0.1) is 0 Å². The Bertz CT molecular complexity index is 261. The van der Waals surface area contributed by atoms with Crippen LogP contribution in [0.2, 0.25) is 0 Å². The lowest BCUT2D eigenvalue weighted by Crippen LogP contribution is -1.80. The molecule has 0 aliphatic carbocycles. The van der Waals surface area contributed by atoms with E-state index >= 15 is 0 Å². The van der Waals surface area contributed by atoms with Gasteiger partial charge in [-0.3, -0.25) is 4.79 Å². The zero-order chi connectivity index (χ0) is 14.0. The summed E-state index contributed by atoms with van der Waals surface area (Å²) in [6, 6.07) is 0. The molecule has 19 heavy (non-hydrogen) atoms. The maximum absolute atomic E-state index is 10.0. The Balaban J connectivity index is 3.17. The lowest BCUT2D eigenvalue weighted by molar-refractivity contribution is -0.104. The summed E-state index contributed by atoms with van der Waals surface area (Å²) in [5.74, 6) is 0. The van der Waals surface area contributed by atoms with E-state index in [1.807, 2.05) is 12.2 Å². The van der Waals surface area contributed by atoms with Gasteiger partial charge < -0.3 is 0 Å². The molecule has 0 amide bonds. The average molecular weight is 262 g/mol. The van der Waals surface area contributed by atoms with E-state index in [4.69, 9.17) is 0 Å². The molecule has 0 heterocycles. The fraction of sp³-hybridized carbons (Fsp3) is 0.611. The topological polar surface area (TPSA) is 17.1 Å². The molecule has 1 heteroatoms. The summed E-state index contributed by atoms with van der Waals surface area (Å²) in [7, 11) is 0. The number of allylic oxidation sites excluding steroid dienone is 6. The van der Waals surface area contributed by atoms with Crippen LogP contribution in [0.25, 0.3) is 0 Å². The number of carbonyl (C=O) groups excluding carboxylic acids is 1. The van der Waals surface area contributed by atoms with Crippen molar-refractivity contribution in [2.45, 2.75) is 71.1 Å². The van der Waals surface area contributed by atoms with Crippen LogP contribution in [0.3, 0.4) is 0 Å². The smallest absolute Gasteiger partial charge is 0.142 e. The van der Waals surface area contributed by atoms with Crippen molar-refractivity contribution in [2.24, 2.45) is 0 Å². The average Bonchev–Trinajstić information content (AvgIpc) is 2.43. The molecule has 0 unspecified atom stereocenters. The van der Waals surface area contributed by atoms with Gasteiger partial charge in [0, 0.05) is 0 Å². The largest absolute Gasteiger partial charge is 0.299 e. The molecule has 0 aromatic rings. The summed E-state index contributed by atoms with van der Waals surface area (Å²) in [5.41, 5.74) is 0. The van der Waals surface area contributed by atoms with Crippen molar-refractivity contribution in [2.75, 3.05) is 0 Å². The van der Waals surface area contributed by atoms with Crippen molar-refractivity contribution in [3.05, 3.63) is 36.5 Å². The molecule has 0 bridgehead atoms. The second-order valence-corrected chi connectivity index (χ2v) is 4.95. The fourth-order valence-corrected chi connectivity index (χ4v) is 1.99. The first-order valence-corrected chi connectivity index (χ1v) is 7.85. The number of rotatable bonds is 13. The minimum Gasteiger partial charge on any atom is -0.299 e. The standard InChI is InChI=1S/C18H30O/c1-2-3-4-5-6-7-8-9-10-11-12-13-14-15-16-17-18-19/h12-18H,2-11H2,1H3/b13-12+,15-14+,17-16+. The van der Waals surface area contributed by atoms with E-state index in [1.54, 1.807) is 6.08 Å². The Morgan fingerprint density at radius 3 is 1.79 bits per heavy atom. The number of hydrogen-bond donors (Lipinski definition) is 0. The molecule has 0 atom stereocenters. The lowest BCUT2D eigenvalue weighted by atomic mass is 10.1. The second kappa shape index (κ2) is 16.9. The van der Waals surface area contributed by atoms with E-state index in [0.29, 0.717) is 0 Å². The van der Waals surface area contributed by atoms with Gasteiger partial charge in [-0.25, -0.2) is 0 Å². The van der Waals surface area contributed by atoms with E-state index in [1.165, 1.54) is 63.9 Å². The van der Waals surface area contributed by atoms with E-state index in [-0.39, 0.29) is 0 Å². The summed E-state index contributed by atoms with van der Waals surface area (Å²) in [6.07, 6.45) is 25.7. The Kier molecular flexibility index (Phi) is 15.9. The number of aldehydes is 1. The molecule has 0 N–H and O–H groups in total. The zero-order valence-corrected chi connectivity index (χ0v) is 12.5. The number of hydrogen-bond acceptors (Lipinski definition) is 1. The molecule has 0 rings (SSSR count). The van der Waals surface area contributed by atoms with Crippen molar-refractivity contribution < 1.29 is 4.79 Å². The molecule has 0 saturated carbocycles. The molecule has 108 valence electrons.